The van der Waals surface area contributed by atoms with Crippen LogP contribution in [0, 0.1) is 11.3 Å². The first kappa shape index (κ1) is 20.1. The number of hydrogen-bond acceptors (Lipinski definition) is 6. The molecule has 1 aliphatic carbocycles. The van der Waals surface area contributed by atoms with E-state index < -0.39 is 29.7 Å². The molecule has 0 aromatic heterocycles. The lowest BCUT2D eigenvalue weighted by molar-refractivity contribution is -0.157. The number of aldehydes is 1. The molecule has 0 saturated carbocycles. The predicted molar refractivity (Wildman–Crippen MR) is 94.8 cm³/mol. The Labute approximate surface area is 153 Å². The summed E-state index contributed by atoms with van der Waals surface area (Å²) in [4.78, 5) is 36.2. The summed E-state index contributed by atoms with van der Waals surface area (Å²) in [6.45, 7) is 8.67. The fourth-order valence-electron chi connectivity index (χ4n) is 3.59. The summed E-state index contributed by atoms with van der Waals surface area (Å²) in [5.74, 6) is -1.23. The molecule has 6 nitrogen and oxygen atoms in total. The average molecular weight is 362 g/mol. The van der Waals surface area contributed by atoms with E-state index >= 15 is 0 Å². The average Bonchev–Trinajstić information content (AvgIpc) is 2.86. The van der Waals surface area contributed by atoms with Gasteiger partial charge in [-0.15, -0.1) is 0 Å². The highest BCUT2D eigenvalue weighted by Gasteiger charge is 2.51. The van der Waals surface area contributed by atoms with Crippen molar-refractivity contribution >= 4 is 18.2 Å². The van der Waals surface area contributed by atoms with Crippen LogP contribution in [-0.4, -0.2) is 35.7 Å². The Balaban J connectivity index is 2.62. The number of hydrogen-bond donors (Lipinski definition) is 1. The summed E-state index contributed by atoms with van der Waals surface area (Å²) in [7, 11) is 0. The second kappa shape index (κ2) is 7.58. The highest BCUT2D eigenvalue weighted by molar-refractivity contribution is 5.92. The first-order valence-corrected chi connectivity index (χ1v) is 8.77. The van der Waals surface area contributed by atoms with Gasteiger partial charge in [0.15, 0.2) is 0 Å². The standard InChI is InChI=1S/C20H26O6/c1-6-11(2)17(22)25-16(15-13(4)18(23)26-19(15)24)20(5)12(3)8-7-9-14(20)10-21/h6,9-10,12,16,19,24H,7-8H2,1-5H3. The third kappa shape index (κ3) is 3.26. The third-order valence-electron chi connectivity index (χ3n) is 5.77. The van der Waals surface area contributed by atoms with Gasteiger partial charge in [-0.3, -0.25) is 4.79 Å². The molecule has 0 saturated heterocycles. The molecule has 0 aromatic carbocycles. The number of rotatable bonds is 5. The monoisotopic (exact) mass is 362 g/mol. The minimum atomic E-state index is -1.50. The van der Waals surface area contributed by atoms with Crippen molar-refractivity contribution in [3.05, 3.63) is 34.4 Å². The SMILES string of the molecule is CC=C(C)C(=O)OC(C1=C(C)C(=O)OC1O)C1(C)C(C=O)=CCCC1C. The Morgan fingerprint density at radius 1 is 1.50 bits per heavy atom. The van der Waals surface area contributed by atoms with E-state index in [-0.39, 0.29) is 17.1 Å². The molecule has 2 rings (SSSR count). The van der Waals surface area contributed by atoms with Crippen LogP contribution in [0.2, 0.25) is 0 Å². The zero-order chi connectivity index (χ0) is 19.6. The fourth-order valence-corrected chi connectivity index (χ4v) is 3.59. The molecular weight excluding hydrogens is 336 g/mol. The third-order valence-corrected chi connectivity index (χ3v) is 5.77. The maximum absolute atomic E-state index is 12.5. The van der Waals surface area contributed by atoms with Gasteiger partial charge in [-0.25, -0.2) is 9.59 Å². The Bertz CT molecular complexity index is 714. The van der Waals surface area contributed by atoms with E-state index in [1.807, 2.05) is 19.9 Å². The summed E-state index contributed by atoms with van der Waals surface area (Å²) in [6.07, 6.45) is 3.27. The molecule has 142 valence electrons. The van der Waals surface area contributed by atoms with Crippen molar-refractivity contribution in [2.75, 3.05) is 0 Å². The van der Waals surface area contributed by atoms with Gasteiger partial charge < -0.3 is 14.6 Å². The number of carbonyl (C=O) groups is 3. The molecule has 2 aliphatic rings. The first-order valence-electron chi connectivity index (χ1n) is 8.77. The van der Waals surface area contributed by atoms with Crippen LogP contribution in [0.4, 0.5) is 0 Å². The molecule has 0 radical (unpaired) electrons. The fraction of sp³-hybridized carbons (Fsp3) is 0.550. The number of ether oxygens (including phenoxy) is 2. The lowest BCUT2D eigenvalue weighted by atomic mass is 9.62. The summed E-state index contributed by atoms with van der Waals surface area (Å²) >= 11 is 0. The second-order valence-electron chi connectivity index (χ2n) is 7.13. The highest BCUT2D eigenvalue weighted by atomic mass is 16.6. The lowest BCUT2D eigenvalue weighted by Crippen LogP contribution is -2.47. The van der Waals surface area contributed by atoms with E-state index in [0.29, 0.717) is 11.1 Å². The molecule has 6 heteroatoms. The molecule has 0 amide bonds. The van der Waals surface area contributed by atoms with Crippen LogP contribution in [-0.2, 0) is 23.9 Å². The minimum absolute atomic E-state index is 0.0142. The number of esters is 2. The maximum atomic E-state index is 12.5. The molecule has 1 N–H and O–H groups in total. The van der Waals surface area contributed by atoms with Gasteiger partial charge in [-0.2, -0.15) is 0 Å². The van der Waals surface area contributed by atoms with Crippen molar-refractivity contribution in [2.24, 2.45) is 11.3 Å². The number of aliphatic hydroxyl groups is 1. The second-order valence-corrected chi connectivity index (χ2v) is 7.13. The van der Waals surface area contributed by atoms with Gasteiger partial charge in [0.1, 0.15) is 12.4 Å². The molecule has 26 heavy (non-hydrogen) atoms. The van der Waals surface area contributed by atoms with E-state index in [1.165, 1.54) is 6.92 Å². The van der Waals surface area contributed by atoms with E-state index in [9.17, 15) is 19.5 Å². The van der Waals surface area contributed by atoms with Crippen LogP contribution in [0.3, 0.4) is 0 Å². The predicted octanol–water partition coefficient (Wildman–Crippen LogP) is 2.62. The quantitative estimate of drug-likeness (QED) is 0.459. The zero-order valence-electron chi connectivity index (χ0n) is 15.9. The van der Waals surface area contributed by atoms with Gasteiger partial charge in [-0.05, 0) is 45.1 Å². The summed E-state index contributed by atoms with van der Waals surface area (Å²) in [5.41, 5.74) is 0.430. The van der Waals surface area contributed by atoms with Crippen LogP contribution in [0.5, 0.6) is 0 Å². The summed E-state index contributed by atoms with van der Waals surface area (Å²) in [5, 5.41) is 10.3. The van der Waals surface area contributed by atoms with Crippen molar-refractivity contribution in [2.45, 2.75) is 59.9 Å². The number of carbonyl (C=O) groups excluding carboxylic acids is 3. The minimum Gasteiger partial charge on any atom is -0.453 e. The number of cyclic esters (lactones) is 1. The zero-order valence-corrected chi connectivity index (χ0v) is 15.9. The normalized spacial score (nSPS) is 30.6. The van der Waals surface area contributed by atoms with Gasteiger partial charge in [0.25, 0.3) is 0 Å². The van der Waals surface area contributed by atoms with E-state index in [2.05, 4.69) is 0 Å². The maximum Gasteiger partial charge on any atom is 0.336 e. The molecule has 4 atom stereocenters. The van der Waals surface area contributed by atoms with Crippen LogP contribution in [0.25, 0.3) is 0 Å². The van der Waals surface area contributed by atoms with Gasteiger partial charge in [0, 0.05) is 22.1 Å². The molecule has 0 bridgehead atoms. The summed E-state index contributed by atoms with van der Waals surface area (Å²) < 4.78 is 10.7. The molecule has 4 unspecified atom stereocenters. The van der Waals surface area contributed by atoms with Gasteiger partial charge in [-0.1, -0.05) is 26.0 Å². The van der Waals surface area contributed by atoms with Crippen LogP contribution < -0.4 is 0 Å². The highest BCUT2D eigenvalue weighted by Crippen LogP contribution is 2.49. The molecule has 1 aliphatic heterocycles. The summed E-state index contributed by atoms with van der Waals surface area (Å²) in [6, 6.07) is 0. The van der Waals surface area contributed by atoms with Gasteiger partial charge in [0.05, 0.1) is 0 Å². The molecule has 1 heterocycles. The van der Waals surface area contributed by atoms with E-state index in [0.717, 1.165) is 19.1 Å². The lowest BCUT2D eigenvalue weighted by Gasteiger charge is -2.45. The van der Waals surface area contributed by atoms with Crippen molar-refractivity contribution < 1.29 is 29.0 Å². The van der Waals surface area contributed by atoms with Gasteiger partial charge in [0.2, 0.25) is 6.29 Å². The smallest absolute Gasteiger partial charge is 0.336 e. The largest absolute Gasteiger partial charge is 0.453 e. The van der Waals surface area contributed by atoms with E-state index in [1.54, 1.807) is 19.9 Å². The van der Waals surface area contributed by atoms with Crippen molar-refractivity contribution in [3.8, 4) is 0 Å². The van der Waals surface area contributed by atoms with Crippen molar-refractivity contribution in [3.63, 3.8) is 0 Å². The van der Waals surface area contributed by atoms with Gasteiger partial charge >= 0.3 is 11.9 Å². The Kier molecular flexibility index (Phi) is 5.86. The van der Waals surface area contributed by atoms with Crippen LogP contribution in [0.15, 0.2) is 34.4 Å². The molecule has 0 aromatic rings. The first-order chi connectivity index (χ1) is 12.2. The van der Waals surface area contributed by atoms with Crippen molar-refractivity contribution in [1.29, 1.82) is 0 Å². The Morgan fingerprint density at radius 3 is 2.65 bits per heavy atom. The number of allylic oxidation sites excluding steroid dienone is 2. The van der Waals surface area contributed by atoms with Crippen molar-refractivity contribution in [1.82, 2.24) is 0 Å². The van der Waals surface area contributed by atoms with E-state index in [4.69, 9.17) is 9.47 Å². The van der Waals surface area contributed by atoms with Crippen LogP contribution in [0.1, 0.15) is 47.5 Å². The molecule has 0 spiro atoms. The molecular formula is C20H26O6. The van der Waals surface area contributed by atoms with Crippen LogP contribution >= 0.6 is 0 Å². The number of aliphatic hydroxyl groups excluding tert-OH is 1. The Morgan fingerprint density at radius 2 is 2.15 bits per heavy atom. The molecule has 0 fully saturated rings. The topological polar surface area (TPSA) is 89.9 Å². The Hall–Kier alpha value is -2.21.